The quantitative estimate of drug-likeness (QED) is 0.879. The van der Waals surface area contributed by atoms with Gasteiger partial charge in [-0.15, -0.1) is 11.3 Å². The summed E-state index contributed by atoms with van der Waals surface area (Å²) in [5.41, 5.74) is 5.68. The SMILES string of the molecule is NCc1cnc(N2CCC[C@H]3CCCC[C@H]32)s1. The minimum atomic E-state index is 0.625. The fraction of sp³-hybridized carbons (Fsp3) is 0.769. The van der Waals surface area contributed by atoms with E-state index in [2.05, 4.69) is 9.88 Å². The predicted octanol–water partition coefficient (Wildman–Crippen LogP) is 2.76. The van der Waals surface area contributed by atoms with E-state index in [-0.39, 0.29) is 0 Å². The van der Waals surface area contributed by atoms with Crippen LogP contribution in [0.5, 0.6) is 0 Å². The first-order valence-corrected chi connectivity index (χ1v) is 7.61. The first-order valence-electron chi connectivity index (χ1n) is 6.80. The second-order valence-corrected chi connectivity index (χ2v) is 6.35. The Balaban J connectivity index is 1.80. The molecule has 1 saturated carbocycles. The molecule has 2 aliphatic rings. The molecule has 0 amide bonds. The molecular formula is C13H21N3S. The lowest BCUT2D eigenvalue weighted by atomic mass is 9.78. The minimum absolute atomic E-state index is 0.625. The zero-order valence-electron chi connectivity index (χ0n) is 10.3. The molecule has 1 saturated heterocycles. The molecule has 3 nitrogen and oxygen atoms in total. The summed E-state index contributed by atoms with van der Waals surface area (Å²) in [6.07, 6.45) is 10.3. The number of nitrogens with zero attached hydrogens (tertiary/aromatic N) is 2. The topological polar surface area (TPSA) is 42.1 Å². The highest BCUT2D eigenvalue weighted by Gasteiger charge is 2.34. The van der Waals surface area contributed by atoms with E-state index >= 15 is 0 Å². The third-order valence-corrected chi connectivity index (χ3v) is 5.29. The van der Waals surface area contributed by atoms with Crippen molar-refractivity contribution in [2.45, 2.75) is 51.1 Å². The van der Waals surface area contributed by atoms with Crippen molar-refractivity contribution in [1.82, 2.24) is 4.98 Å². The maximum atomic E-state index is 5.68. The number of nitrogens with two attached hydrogens (primary N) is 1. The molecule has 94 valence electrons. The summed E-state index contributed by atoms with van der Waals surface area (Å²) < 4.78 is 0. The van der Waals surface area contributed by atoms with Gasteiger partial charge in [0.25, 0.3) is 0 Å². The van der Waals surface area contributed by atoms with Gasteiger partial charge in [-0.25, -0.2) is 4.98 Å². The number of thiazole rings is 1. The highest BCUT2D eigenvalue weighted by molar-refractivity contribution is 7.15. The van der Waals surface area contributed by atoms with Crippen LogP contribution in [0.1, 0.15) is 43.4 Å². The third kappa shape index (κ3) is 2.20. The van der Waals surface area contributed by atoms with Gasteiger partial charge in [0, 0.05) is 30.2 Å². The van der Waals surface area contributed by atoms with E-state index in [0.717, 1.165) is 12.0 Å². The van der Waals surface area contributed by atoms with Crippen LogP contribution in [0.25, 0.3) is 0 Å². The molecule has 17 heavy (non-hydrogen) atoms. The van der Waals surface area contributed by atoms with Crippen molar-refractivity contribution in [3.05, 3.63) is 11.1 Å². The Labute approximate surface area is 107 Å². The molecule has 2 heterocycles. The fourth-order valence-electron chi connectivity index (χ4n) is 3.39. The Bertz CT molecular complexity index is 374. The molecule has 1 aliphatic heterocycles. The van der Waals surface area contributed by atoms with Crippen LogP contribution in [0.15, 0.2) is 6.20 Å². The summed E-state index contributed by atoms with van der Waals surface area (Å²) in [4.78, 5) is 8.34. The third-order valence-electron chi connectivity index (χ3n) is 4.23. The summed E-state index contributed by atoms with van der Waals surface area (Å²) in [6, 6.07) is 0.759. The highest BCUT2D eigenvalue weighted by Crippen LogP contribution is 2.38. The van der Waals surface area contributed by atoms with Crippen molar-refractivity contribution in [1.29, 1.82) is 0 Å². The number of hydrogen-bond donors (Lipinski definition) is 1. The molecule has 0 bridgehead atoms. The van der Waals surface area contributed by atoms with Crippen LogP contribution in [0.2, 0.25) is 0 Å². The Morgan fingerprint density at radius 2 is 2.12 bits per heavy atom. The molecule has 0 unspecified atom stereocenters. The van der Waals surface area contributed by atoms with E-state index in [0.29, 0.717) is 6.54 Å². The molecule has 2 N–H and O–H groups in total. The normalized spacial score (nSPS) is 29.1. The van der Waals surface area contributed by atoms with E-state index in [1.54, 1.807) is 11.3 Å². The lowest BCUT2D eigenvalue weighted by Crippen LogP contribution is -2.46. The molecule has 0 radical (unpaired) electrons. The van der Waals surface area contributed by atoms with Gasteiger partial charge in [-0.1, -0.05) is 12.8 Å². The molecule has 2 atom stereocenters. The van der Waals surface area contributed by atoms with Crippen LogP contribution < -0.4 is 10.6 Å². The molecule has 3 rings (SSSR count). The van der Waals surface area contributed by atoms with Gasteiger partial charge in [0.1, 0.15) is 0 Å². The van der Waals surface area contributed by atoms with Gasteiger partial charge < -0.3 is 10.6 Å². The smallest absolute Gasteiger partial charge is 0.185 e. The number of hydrogen-bond acceptors (Lipinski definition) is 4. The Morgan fingerprint density at radius 3 is 2.94 bits per heavy atom. The van der Waals surface area contributed by atoms with Crippen LogP contribution in [0.4, 0.5) is 5.13 Å². The van der Waals surface area contributed by atoms with E-state index in [9.17, 15) is 0 Å². The second-order valence-electron chi connectivity index (χ2n) is 5.26. The van der Waals surface area contributed by atoms with Crippen molar-refractivity contribution in [2.75, 3.05) is 11.4 Å². The molecule has 1 aromatic rings. The van der Waals surface area contributed by atoms with Gasteiger partial charge in [-0.2, -0.15) is 0 Å². The van der Waals surface area contributed by atoms with Gasteiger partial charge in [0.05, 0.1) is 0 Å². The average Bonchev–Trinajstić information content (AvgIpc) is 2.87. The van der Waals surface area contributed by atoms with Gasteiger partial charge in [-0.3, -0.25) is 0 Å². The fourth-order valence-corrected chi connectivity index (χ4v) is 4.26. The molecule has 0 spiro atoms. The molecule has 2 fully saturated rings. The van der Waals surface area contributed by atoms with Crippen LogP contribution >= 0.6 is 11.3 Å². The van der Waals surface area contributed by atoms with E-state index in [4.69, 9.17) is 5.73 Å². The van der Waals surface area contributed by atoms with Gasteiger partial charge in [-0.05, 0) is 31.6 Å². The molecule has 4 heteroatoms. The molecule has 0 aromatic carbocycles. The molecular weight excluding hydrogens is 230 g/mol. The molecule has 1 aromatic heterocycles. The standard InChI is InChI=1S/C13H21N3S/c14-8-11-9-15-13(17-11)16-7-3-5-10-4-1-2-6-12(10)16/h9-10,12H,1-8,14H2/t10-,12-/m1/s1. The number of rotatable bonds is 2. The van der Waals surface area contributed by atoms with Crippen molar-refractivity contribution in [3.63, 3.8) is 0 Å². The van der Waals surface area contributed by atoms with Crippen molar-refractivity contribution >= 4 is 16.5 Å². The number of aromatic nitrogens is 1. The van der Waals surface area contributed by atoms with E-state index in [1.165, 1.54) is 55.1 Å². The summed E-state index contributed by atoms with van der Waals surface area (Å²) >= 11 is 1.78. The van der Waals surface area contributed by atoms with E-state index in [1.807, 2.05) is 6.20 Å². The van der Waals surface area contributed by atoms with Crippen LogP contribution in [0.3, 0.4) is 0 Å². The van der Waals surface area contributed by atoms with Crippen LogP contribution in [0, 0.1) is 5.92 Å². The van der Waals surface area contributed by atoms with E-state index < -0.39 is 0 Å². The maximum Gasteiger partial charge on any atom is 0.185 e. The zero-order valence-corrected chi connectivity index (χ0v) is 11.1. The number of anilines is 1. The Hall–Kier alpha value is -0.610. The first kappa shape index (κ1) is 11.5. The largest absolute Gasteiger partial charge is 0.345 e. The first-order chi connectivity index (χ1) is 8.38. The van der Waals surface area contributed by atoms with Crippen LogP contribution in [-0.4, -0.2) is 17.6 Å². The number of fused-ring (bicyclic) bond motifs is 1. The van der Waals surface area contributed by atoms with Crippen LogP contribution in [-0.2, 0) is 6.54 Å². The Morgan fingerprint density at radius 1 is 1.29 bits per heavy atom. The van der Waals surface area contributed by atoms with Crippen molar-refractivity contribution in [3.8, 4) is 0 Å². The average molecular weight is 251 g/mol. The highest BCUT2D eigenvalue weighted by atomic mass is 32.1. The summed E-state index contributed by atoms with van der Waals surface area (Å²) in [5.74, 6) is 0.919. The monoisotopic (exact) mass is 251 g/mol. The lowest BCUT2D eigenvalue weighted by molar-refractivity contribution is 0.243. The van der Waals surface area contributed by atoms with Gasteiger partial charge in [0.2, 0.25) is 0 Å². The lowest BCUT2D eigenvalue weighted by Gasteiger charge is -2.44. The van der Waals surface area contributed by atoms with Crippen molar-refractivity contribution in [2.24, 2.45) is 11.7 Å². The summed E-state index contributed by atoms with van der Waals surface area (Å²) in [6.45, 7) is 1.82. The Kier molecular flexibility index (Phi) is 3.34. The minimum Gasteiger partial charge on any atom is -0.345 e. The second kappa shape index (κ2) is 4.94. The van der Waals surface area contributed by atoms with Crippen molar-refractivity contribution < 1.29 is 0 Å². The summed E-state index contributed by atoms with van der Waals surface area (Å²) in [7, 11) is 0. The zero-order chi connectivity index (χ0) is 11.7. The predicted molar refractivity (Wildman–Crippen MR) is 72.3 cm³/mol. The number of piperidine rings is 1. The maximum absolute atomic E-state index is 5.68. The molecule has 1 aliphatic carbocycles. The summed E-state index contributed by atoms with van der Waals surface area (Å²) in [5, 5.41) is 1.21. The van der Waals surface area contributed by atoms with Gasteiger partial charge in [0.15, 0.2) is 5.13 Å². The van der Waals surface area contributed by atoms with Gasteiger partial charge >= 0.3 is 0 Å².